The van der Waals surface area contributed by atoms with E-state index < -0.39 is 18.0 Å². The minimum atomic E-state index is -0.561. The molecule has 0 radical (unpaired) electrons. The van der Waals surface area contributed by atoms with E-state index in [0.717, 1.165) is 5.69 Å². The fourth-order valence-electron chi connectivity index (χ4n) is 2.73. The van der Waals surface area contributed by atoms with Gasteiger partial charge in [-0.3, -0.25) is 14.7 Å². The molecule has 1 fully saturated rings. The quantitative estimate of drug-likeness (QED) is 0.789. The highest BCUT2D eigenvalue weighted by Gasteiger charge is 2.32. The molecule has 6 nitrogen and oxygen atoms in total. The molecule has 1 N–H and O–H groups in total. The smallest absolute Gasteiger partial charge is 0.414 e. The first-order valence-corrected chi connectivity index (χ1v) is 8.69. The summed E-state index contributed by atoms with van der Waals surface area (Å²) in [5.41, 5.74) is 2.27. The van der Waals surface area contributed by atoms with Crippen molar-refractivity contribution in [1.82, 2.24) is 10.3 Å². The second-order valence-corrected chi connectivity index (χ2v) is 6.23. The molecule has 2 aromatic rings. The fraction of sp³-hybridized carbons (Fsp3) is 0.278. The Morgan fingerprint density at radius 2 is 2.23 bits per heavy atom. The molecule has 0 unspecified atom stereocenters. The number of carbonyl (C=O) groups excluding carboxylic acids is 2. The zero-order valence-corrected chi connectivity index (χ0v) is 15.0. The number of amides is 2. The SMILES string of the molecule is CC(=O)NC[C@H]1CN(c2ccc(-c3ccnc(CS)c3)c(F)c2)C(=O)O1. The number of nitrogens with zero attached hydrogens (tertiary/aromatic N) is 2. The first kappa shape index (κ1) is 18.2. The van der Waals surface area contributed by atoms with Gasteiger partial charge in [0.25, 0.3) is 0 Å². The highest BCUT2D eigenvalue weighted by molar-refractivity contribution is 7.79. The maximum atomic E-state index is 14.6. The molecule has 1 atom stereocenters. The van der Waals surface area contributed by atoms with E-state index in [4.69, 9.17) is 4.74 Å². The number of halogens is 1. The van der Waals surface area contributed by atoms with E-state index in [1.165, 1.54) is 17.9 Å². The molecule has 1 aromatic heterocycles. The molecule has 8 heteroatoms. The fourth-order valence-corrected chi connectivity index (χ4v) is 2.91. The lowest BCUT2D eigenvalue weighted by atomic mass is 10.0. The minimum Gasteiger partial charge on any atom is -0.442 e. The van der Waals surface area contributed by atoms with Gasteiger partial charge < -0.3 is 10.1 Å². The molecular weight excluding hydrogens is 357 g/mol. The summed E-state index contributed by atoms with van der Waals surface area (Å²) in [5, 5.41) is 2.60. The first-order valence-electron chi connectivity index (χ1n) is 8.06. The van der Waals surface area contributed by atoms with Crippen molar-refractivity contribution in [3.05, 3.63) is 48.0 Å². The van der Waals surface area contributed by atoms with E-state index in [-0.39, 0.29) is 19.0 Å². The predicted molar refractivity (Wildman–Crippen MR) is 98.6 cm³/mol. The van der Waals surface area contributed by atoms with Gasteiger partial charge in [0.2, 0.25) is 5.91 Å². The molecule has 2 heterocycles. The zero-order valence-electron chi connectivity index (χ0n) is 14.1. The third-order valence-corrected chi connectivity index (χ3v) is 4.33. The van der Waals surface area contributed by atoms with Gasteiger partial charge >= 0.3 is 6.09 Å². The molecule has 1 aliphatic rings. The summed E-state index contributed by atoms with van der Waals surface area (Å²) in [4.78, 5) is 28.5. The largest absolute Gasteiger partial charge is 0.442 e. The van der Waals surface area contributed by atoms with Gasteiger partial charge in [-0.25, -0.2) is 9.18 Å². The Bertz CT molecular complexity index is 846. The van der Waals surface area contributed by atoms with Gasteiger partial charge in [-0.1, -0.05) is 0 Å². The minimum absolute atomic E-state index is 0.201. The van der Waals surface area contributed by atoms with Crippen molar-refractivity contribution in [3.63, 3.8) is 0 Å². The van der Waals surface area contributed by atoms with Gasteiger partial charge in [0.1, 0.15) is 11.9 Å². The van der Waals surface area contributed by atoms with E-state index in [1.54, 1.807) is 30.5 Å². The number of hydrogen-bond donors (Lipinski definition) is 2. The molecule has 26 heavy (non-hydrogen) atoms. The van der Waals surface area contributed by atoms with Crippen LogP contribution < -0.4 is 10.2 Å². The van der Waals surface area contributed by atoms with Crippen molar-refractivity contribution >= 4 is 30.3 Å². The Hall–Kier alpha value is -2.61. The number of rotatable bonds is 5. The Balaban J connectivity index is 1.79. The third kappa shape index (κ3) is 3.96. The Labute approximate surface area is 155 Å². The molecule has 2 amide bonds. The number of carbonyl (C=O) groups is 2. The lowest BCUT2D eigenvalue weighted by Crippen LogP contribution is -2.33. The van der Waals surface area contributed by atoms with Gasteiger partial charge in [0.05, 0.1) is 24.5 Å². The lowest BCUT2D eigenvalue weighted by molar-refractivity contribution is -0.119. The number of cyclic esters (lactones) is 1. The molecule has 0 saturated carbocycles. The van der Waals surface area contributed by atoms with Crippen LogP contribution in [0.2, 0.25) is 0 Å². The van der Waals surface area contributed by atoms with Crippen molar-refractivity contribution in [1.29, 1.82) is 0 Å². The first-order chi connectivity index (χ1) is 12.5. The van der Waals surface area contributed by atoms with E-state index in [0.29, 0.717) is 22.6 Å². The second-order valence-electron chi connectivity index (χ2n) is 5.91. The standard InChI is InChI=1S/C18H18FN3O3S/c1-11(23)21-8-15-9-22(18(24)25-15)14-2-3-16(17(19)7-14)12-4-5-20-13(6-12)10-26/h2-7,15,26H,8-10H2,1H3,(H,21,23)/t15-/m0/s1. The topological polar surface area (TPSA) is 71.5 Å². The summed E-state index contributed by atoms with van der Waals surface area (Å²) in [7, 11) is 0. The number of anilines is 1. The van der Waals surface area contributed by atoms with Crippen molar-refractivity contribution in [2.75, 3.05) is 18.0 Å². The van der Waals surface area contributed by atoms with Gasteiger partial charge in [-0.05, 0) is 35.9 Å². The van der Waals surface area contributed by atoms with Crippen LogP contribution in [0.5, 0.6) is 0 Å². The third-order valence-electron chi connectivity index (χ3n) is 4.01. The number of nitrogens with one attached hydrogen (secondary N) is 1. The van der Waals surface area contributed by atoms with E-state index in [2.05, 4.69) is 22.9 Å². The van der Waals surface area contributed by atoms with Crippen LogP contribution in [0.1, 0.15) is 12.6 Å². The molecule has 1 aliphatic heterocycles. The second kappa shape index (κ2) is 7.74. The van der Waals surface area contributed by atoms with Crippen LogP contribution in [0.3, 0.4) is 0 Å². The molecular formula is C18H18FN3O3S. The maximum Gasteiger partial charge on any atom is 0.414 e. The highest BCUT2D eigenvalue weighted by Crippen LogP contribution is 2.29. The highest BCUT2D eigenvalue weighted by atomic mass is 32.1. The molecule has 136 valence electrons. The van der Waals surface area contributed by atoms with Crippen LogP contribution in [-0.2, 0) is 15.3 Å². The summed E-state index contributed by atoms with van der Waals surface area (Å²) in [6.07, 6.45) is 0.583. The van der Waals surface area contributed by atoms with Gasteiger partial charge in [0, 0.05) is 24.4 Å². The van der Waals surface area contributed by atoms with E-state index in [9.17, 15) is 14.0 Å². The van der Waals surface area contributed by atoms with E-state index >= 15 is 0 Å². The lowest BCUT2D eigenvalue weighted by Gasteiger charge is -2.14. The average Bonchev–Trinajstić information content (AvgIpc) is 3.00. The summed E-state index contributed by atoms with van der Waals surface area (Å²) in [6, 6.07) is 8.09. The number of benzene rings is 1. The van der Waals surface area contributed by atoms with Crippen LogP contribution in [-0.4, -0.2) is 36.2 Å². The molecule has 3 rings (SSSR count). The normalized spacial score (nSPS) is 16.5. The number of hydrogen-bond acceptors (Lipinski definition) is 5. The Morgan fingerprint density at radius 1 is 1.42 bits per heavy atom. The number of pyridine rings is 1. The van der Waals surface area contributed by atoms with Gasteiger partial charge in [-0.15, -0.1) is 0 Å². The van der Waals surface area contributed by atoms with Crippen molar-refractivity contribution < 1.29 is 18.7 Å². The summed E-state index contributed by atoms with van der Waals surface area (Å²) in [5.74, 6) is -0.187. The summed E-state index contributed by atoms with van der Waals surface area (Å²) < 4.78 is 19.8. The van der Waals surface area contributed by atoms with Crippen LogP contribution in [0.4, 0.5) is 14.9 Å². The monoisotopic (exact) mass is 375 g/mol. The number of ether oxygens (including phenoxy) is 1. The van der Waals surface area contributed by atoms with Crippen LogP contribution in [0, 0.1) is 5.82 Å². The van der Waals surface area contributed by atoms with Crippen molar-refractivity contribution in [3.8, 4) is 11.1 Å². The number of aromatic nitrogens is 1. The molecule has 0 bridgehead atoms. The molecule has 0 aliphatic carbocycles. The van der Waals surface area contributed by atoms with E-state index in [1.807, 2.05) is 0 Å². The zero-order chi connectivity index (χ0) is 18.7. The number of thiol groups is 1. The van der Waals surface area contributed by atoms with Crippen LogP contribution in [0.25, 0.3) is 11.1 Å². The van der Waals surface area contributed by atoms with Crippen LogP contribution >= 0.6 is 12.6 Å². The molecule has 1 aromatic carbocycles. The van der Waals surface area contributed by atoms with Crippen molar-refractivity contribution in [2.24, 2.45) is 0 Å². The van der Waals surface area contributed by atoms with Gasteiger partial charge in [0.15, 0.2) is 0 Å². The van der Waals surface area contributed by atoms with Gasteiger partial charge in [-0.2, -0.15) is 12.6 Å². The average molecular weight is 375 g/mol. The van der Waals surface area contributed by atoms with Crippen molar-refractivity contribution in [2.45, 2.75) is 18.8 Å². The maximum absolute atomic E-state index is 14.6. The Morgan fingerprint density at radius 3 is 2.92 bits per heavy atom. The predicted octanol–water partition coefficient (Wildman–Crippen LogP) is 2.78. The molecule has 0 spiro atoms. The Kier molecular flexibility index (Phi) is 5.41. The summed E-state index contributed by atoms with van der Waals surface area (Å²) >= 11 is 4.18. The molecule has 1 saturated heterocycles. The summed E-state index contributed by atoms with van der Waals surface area (Å²) in [6.45, 7) is 1.86. The van der Waals surface area contributed by atoms with Crippen LogP contribution in [0.15, 0.2) is 36.5 Å².